The molecule has 4 rings (SSSR count). The molecule has 0 spiro atoms. The summed E-state index contributed by atoms with van der Waals surface area (Å²) in [4.78, 5) is 4.03. The first-order chi connectivity index (χ1) is 13.7. The first kappa shape index (κ1) is 17.8. The molecule has 0 saturated heterocycles. The molecule has 6 heteroatoms. The van der Waals surface area contributed by atoms with Crippen LogP contribution in [0.4, 0.5) is 4.39 Å². The smallest absolute Gasteiger partial charge is 0.149 e. The molecule has 0 aliphatic rings. The second-order valence-electron chi connectivity index (χ2n) is 6.17. The van der Waals surface area contributed by atoms with Crippen LogP contribution in [0.2, 0.25) is 0 Å². The van der Waals surface area contributed by atoms with Crippen LogP contribution in [0.3, 0.4) is 0 Å². The summed E-state index contributed by atoms with van der Waals surface area (Å²) in [5.74, 6) is 6.99. The molecule has 0 aliphatic carbocycles. The maximum absolute atomic E-state index is 13.4. The summed E-state index contributed by atoms with van der Waals surface area (Å²) >= 11 is 0. The van der Waals surface area contributed by atoms with Crippen LogP contribution >= 0.6 is 0 Å². The van der Waals surface area contributed by atoms with Gasteiger partial charge < -0.3 is 9.15 Å². The van der Waals surface area contributed by atoms with Crippen LogP contribution in [0.25, 0.3) is 11.0 Å². The van der Waals surface area contributed by atoms with Crippen molar-refractivity contribution in [3.63, 3.8) is 0 Å². The van der Waals surface area contributed by atoms with E-state index in [4.69, 9.17) is 9.15 Å². The van der Waals surface area contributed by atoms with E-state index < -0.39 is 0 Å². The van der Waals surface area contributed by atoms with E-state index in [0.29, 0.717) is 23.7 Å². The minimum atomic E-state index is -0.352. The number of hydrogen-bond donors (Lipinski definition) is 0. The fourth-order valence-corrected chi connectivity index (χ4v) is 3.00. The molecule has 0 radical (unpaired) electrons. The monoisotopic (exact) mass is 375 g/mol. The lowest BCUT2D eigenvalue weighted by molar-refractivity contribution is 0.369. The van der Waals surface area contributed by atoms with E-state index in [0.717, 1.165) is 17.4 Å². The van der Waals surface area contributed by atoms with Crippen LogP contribution in [0.5, 0.6) is 5.75 Å². The molecular formula is C22H18FN3O2. The average Bonchev–Trinajstić information content (AvgIpc) is 3.37. The van der Waals surface area contributed by atoms with E-state index in [-0.39, 0.29) is 11.9 Å². The van der Waals surface area contributed by atoms with E-state index in [1.807, 2.05) is 31.2 Å². The highest BCUT2D eigenvalue weighted by Crippen LogP contribution is 2.32. The molecule has 140 valence electrons. The summed E-state index contributed by atoms with van der Waals surface area (Å²) in [6.07, 6.45) is 3.88. The first-order valence-corrected chi connectivity index (χ1v) is 8.96. The van der Waals surface area contributed by atoms with Gasteiger partial charge in [-0.05, 0) is 35.9 Å². The van der Waals surface area contributed by atoms with Gasteiger partial charge in [0.05, 0.1) is 0 Å². The molecule has 0 fully saturated rings. The largest absolute Gasteiger partial charge is 0.481 e. The zero-order valence-corrected chi connectivity index (χ0v) is 15.3. The Balaban J connectivity index is 1.69. The minimum Gasteiger partial charge on any atom is -0.481 e. The van der Waals surface area contributed by atoms with Gasteiger partial charge in [0, 0.05) is 17.9 Å². The Bertz CT molecular complexity index is 1120. The van der Waals surface area contributed by atoms with Crippen LogP contribution in [-0.2, 0) is 0 Å². The summed E-state index contributed by atoms with van der Waals surface area (Å²) < 4.78 is 26.8. The van der Waals surface area contributed by atoms with Crippen molar-refractivity contribution in [2.24, 2.45) is 0 Å². The number of nitrogens with zero attached hydrogens (tertiary/aromatic N) is 3. The molecule has 0 aliphatic heterocycles. The fourth-order valence-electron chi connectivity index (χ4n) is 3.00. The van der Waals surface area contributed by atoms with Gasteiger partial charge in [-0.25, -0.2) is 14.1 Å². The molecule has 2 aromatic carbocycles. The number of benzene rings is 2. The van der Waals surface area contributed by atoms with Crippen molar-refractivity contribution in [3.8, 4) is 17.6 Å². The van der Waals surface area contributed by atoms with E-state index in [2.05, 4.69) is 21.9 Å². The second-order valence-corrected chi connectivity index (χ2v) is 6.17. The van der Waals surface area contributed by atoms with Gasteiger partial charge >= 0.3 is 0 Å². The van der Waals surface area contributed by atoms with Crippen molar-refractivity contribution in [1.82, 2.24) is 14.8 Å². The summed E-state index contributed by atoms with van der Waals surface area (Å²) in [6.45, 7) is 2.33. The summed E-state index contributed by atoms with van der Waals surface area (Å²) in [5, 5.41) is 5.19. The maximum Gasteiger partial charge on any atom is 0.149 e. The number of furan rings is 1. The predicted octanol–water partition coefficient (Wildman–Crippen LogP) is 4.59. The molecule has 0 amide bonds. The van der Waals surface area contributed by atoms with Crippen LogP contribution in [0, 0.1) is 17.7 Å². The van der Waals surface area contributed by atoms with Gasteiger partial charge in [-0.2, -0.15) is 5.10 Å². The summed E-state index contributed by atoms with van der Waals surface area (Å²) in [6, 6.07) is 13.5. The Kier molecular flexibility index (Phi) is 5.07. The minimum absolute atomic E-state index is 0.293. The molecule has 4 aromatic rings. The van der Waals surface area contributed by atoms with Gasteiger partial charge in [-0.1, -0.05) is 25.0 Å². The van der Waals surface area contributed by atoms with Crippen molar-refractivity contribution in [2.75, 3.05) is 6.61 Å². The number of halogens is 1. The van der Waals surface area contributed by atoms with Crippen LogP contribution in [-0.4, -0.2) is 21.4 Å². The fraction of sp³-hybridized carbons (Fsp3) is 0.182. The Morgan fingerprint density at radius 3 is 2.75 bits per heavy atom. The molecule has 1 unspecified atom stereocenters. The van der Waals surface area contributed by atoms with Crippen LogP contribution in [0.15, 0.2) is 65.6 Å². The molecule has 0 saturated carbocycles. The lowest BCUT2D eigenvalue weighted by Crippen LogP contribution is -2.12. The number of ether oxygens (including phenoxy) is 1. The molecule has 0 bridgehead atoms. The standard InChI is InChI=1S/C22H18FN3O2/c1-2-3-4-11-27-19-10-7-17-12-21(28-20(17)13-19)22(26-15-24-14-25-26)16-5-8-18(23)9-6-16/h5-10,12-15,22H,2,11H2,1H3. The second kappa shape index (κ2) is 7.97. The zero-order valence-electron chi connectivity index (χ0n) is 15.3. The van der Waals surface area contributed by atoms with Crippen molar-refractivity contribution in [3.05, 3.63) is 78.3 Å². The number of fused-ring (bicyclic) bond motifs is 1. The Hall–Kier alpha value is -3.59. The van der Waals surface area contributed by atoms with Gasteiger partial charge in [0.15, 0.2) is 0 Å². The number of hydrogen-bond acceptors (Lipinski definition) is 4. The average molecular weight is 375 g/mol. The maximum atomic E-state index is 13.4. The van der Waals surface area contributed by atoms with E-state index in [1.165, 1.54) is 18.5 Å². The predicted molar refractivity (Wildman–Crippen MR) is 103 cm³/mol. The lowest BCUT2D eigenvalue weighted by Gasteiger charge is -2.15. The van der Waals surface area contributed by atoms with Gasteiger partial charge in [0.1, 0.15) is 48.2 Å². The van der Waals surface area contributed by atoms with Gasteiger partial charge in [0.2, 0.25) is 0 Å². The van der Waals surface area contributed by atoms with Gasteiger partial charge in [0.25, 0.3) is 0 Å². The highest BCUT2D eigenvalue weighted by Gasteiger charge is 2.21. The molecule has 2 heterocycles. The van der Waals surface area contributed by atoms with Crippen molar-refractivity contribution < 1.29 is 13.5 Å². The summed E-state index contributed by atoms with van der Waals surface area (Å²) in [5.41, 5.74) is 1.54. The Labute approximate surface area is 161 Å². The van der Waals surface area contributed by atoms with Crippen LogP contribution < -0.4 is 4.74 Å². The SMILES string of the molecule is CCC#CCOc1ccc2cc(C(c3ccc(F)cc3)n3cncn3)oc2c1. The number of rotatable bonds is 5. The van der Waals surface area contributed by atoms with E-state index in [1.54, 1.807) is 23.1 Å². The third-order valence-corrected chi connectivity index (χ3v) is 4.28. The third kappa shape index (κ3) is 3.74. The van der Waals surface area contributed by atoms with Crippen molar-refractivity contribution >= 4 is 11.0 Å². The topological polar surface area (TPSA) is 53.1 Å². The molecule has 5 nitrogen and oxygen atoms in total. The lowest BCUT2D eigenvalue weighted by atomic mass is 10.0. The molecule has 2 aromatic heterocycles. The quantitative estimate of drug-likeness (QED) is 0.479. The van der Waals surface area contributed by atoms with Crippen molar-refractivity contribution in [2.45, 2.75) is 19.4 Å². The van der Waals surface area contributed by atoms with Crippen molar-refractivity contribution in [1.29, 1.82) is 0 Å². The van der Waals surface area contributed by atoms with Crippen LogP contribution in [0.1, 0.15) is 30.7 Å². The van der Waals surface area contributed by atoms with Gasteiger partial charge in [-0.15, -0.1) is 5.92 Å². The Morgan fingerprint density at radius 2 is 2.00 bits per heavy atom. The third-order valence-electron chi connectivity index (χ3n) is 4.28. The summed E-state index contributed by atoms with van der Waals surface area (Å²) in [7, 11) is 0. The number of aromatic nitrogens is 3. The molecular weight excluding hydrogens is 357 g/mol. The normalized spacial score (nSPS) is 11.8. The molecule has 0 N–H and O–H groups in total. The highest BCUT2D eigenvalue weighted by molar-refractivity contribution is 5.79. The van der Waals surface area contributed by atoms with Gasteiger partial charge in [-0.3, -0.25) is 0 Å². The highest BCUT2D eigenvalue weighted by atomic mass is 19.1. The van der Waals surface area contributed by atoms with E-state index >= 15 is 0 Å². The zero-order chi connectivity index (χ0) is 19.3. The first-order valence-electron chi connectivity index (χ1n) is 8.96. The van der Waals surface area contributed by atoms with E-state index in [9.17, 15) is 4.39 Å². The molecule has 28 heavy (non-hydrogen) atoms. The molecule has 1 atom stereocenters. The Morgan fingerprint density at radius 1 is 1.14 bits per heavy atom.